The second-order valence-electron chi connectivity index (χ2n) is 6.41. The molecular formula is C21H18FN3O2S. The van der Waals surface area contributed by atoms with Crippen molar-refractivity contribution >= 4 is 21.4 Å². The number of imidazole rings is 1. The van der Waals surface area contributed by atoms with Gasteiger partial charge in [-0.05, 0) is 42.0 Å². The maximum Gasteiger partial charge on any atom is 0.239 e. The summed E-state index contributed by atoms with van der Waals surface area (Å²) >= 11 is 0. The van der Waals surface area contributed by atoms with E-state index in [1.54, 1.807) is 36.5 Å². The van der Waals surface area contributed by atoms with Crippen molar-refractivity contribution in [3.63, 3.8) is 0 Å². The molecule has 0 aliphatic carbocycles. The fourth-order valence-corrected chi connectivity index (χ4v) is 4.64. The fourth-order valence-electron chi connectivity index (χ4n) is 3.11. The third kappa shape index (κ3) is 3.75. The van der Waals surface area contributed by atoms with Crippen molar-refractivity contribution in [2.45, 2.75) is 12.3 Å². The number of halogens is 1. The first kappa shape index (κ1) is 18.2. The van der Waals surface area contributed by atoms with Gasteiger partial charge in [0.2, 0.25) is 10.0 Å². The molecule has 0 spiro atoms. The molecule has 0 N–H and O–H groups in total. The lowest BCUT2D eigenvalue weighted by atomic mass is 10.2. The predicted molar refractivity (Wildman–Crippen MR) is 107 cm³/mol. The van der Waals surface area contributed by atoms with Gasteiger partial charge in [-0.25, -0.2) is 17.8 Å². The van der Waals surface area contributed by atoms with Crippen molar-refractivity contribution in [2.75, 3.05) is 4.31 Å². The van der Waals surface area contributed by atoms with Crippen LogP contribution in [0.25, 0.3) is 5.65 Å². The van der Waals surface area contributed by atoms with E-state index in [-0.39, 0.29) is 12.3 Å². The van der Waals surface area contributed by atoms with Gasteiger partial charge in [0, 0.05) is 6.20 Å². The Hall–Kier alpha value is -3.19. The van der Waals surface area contributed by atoms with Gasteiger partial charge in [-0.3, -0.25) is 4.31 Å². The molecular weight excluding hydrogens is 377 g/mol. The Morgan fingerprint density at radius 1 is 0.964 bits per heavy atom. The molecule has 0 bridgehead atoms. The highest BCUT2D eigenvalue weighted by Crippen LogP contribution is 2.24. The van der Waals surface area contributed by atoms with Gasteiger partial charge in [0.05, 0.1) is 29.9 Å². The number of anilines is 1. The Balaban J connectivity index is 1.73. The van der Waals surface area contributed by atoms with Gasteiger partial charge in [0.15, 0.2) is 0 Å². The zero-order valence-corrected chi connectivity index (χ0v) is 15.8. The lowest BCUT2D eigenvalue weighted by Gasteiger charge is -2.24. The molecule has 0 saturated heterocycles. The summed E-state index contributed by atoms with van der Waals surface area (Å²) in [4.78, 5) is 4.33. The summed E-state index contributed by atoms with van der Waals surface area (Å²) in [6.07, 6.45) is 3.52. The molecule has 142 valence electrons. The first-order chi connectivity index (χ1) is 13.5. The van der Waals surface area contributed by atoms with Crippen LogP contribution in [-0.4, -0.2) is 17.8 Å². The lowest BCUT2D eigenvalue weighted by molar-refractivity contribution is 0.588. The Bertz CT molecular complexity index is 1210. The molecule has 4 rings (SSSR count). The van der Waals surface area contributed by atoms with E-state index in [0.717, 1.165) is 11.3 Å². The zero-order valence-electron chi connectivity index (χ0n) is 14.9. The van der Waals surface area contributed by atoms with Crippen molar-refractivity contribution in [2.24, 2.45) is 0 Å². The largest absolute Gasteiger partial charge is 0.302 e. The average molecular weight is 395 g/mol. The number of benzene rings is 2. The molecule has 4 aromatic rings. The van der Waals surface area contributed by atoms with Crippen LogP contribution < -0.4 is 4.31 Å². The van der Waals surface area contributed by atoms with E-state index in [1.165, 1.54) is 22.5 Å². The van der Waals surface area contributed by atoms with Crippen molar-refractivity contribution in [1.82, 2.24) is 9.38 Å². The minimum atomic E-state index is -3.76. The minimum Gasteiger partial charge on any atom is -0.302 e. The number of hydrogen-bond donors (Lipinski definition) is 0. The summed E-state index contributed by atoms with van der Waals surface area (Å²) in [7, 11) is -3.76. The summed E-state index contributed by atoms with van der Waals surface area (Å²) in [6.45, 7) is 0.118. The quantitative estimate of drug-likeness (QED) is 0.496. The van der Waals surface area contributed by atoms with E-state index in [4.69, 9.17) is 0 Å². The van der Waals surface area contributed by atoms with E-state index in [0.29, 0.717) is 11.3 Å². The number of hydrogen-bond acceptors (Lipinski definition) is 3. The number of rotatable bonds is 6. The zero-order chi connectivity index (χ0) is 19.6. The van der Waals surface area contributed by atoms with Crippen LogP contribution in [0.2, 0.25) is 0 Å². The van der Waals surface area contributed by atoms with Crippen molar-refractivity contribution < 1.29 is 12.8 Å². The Morgan fingerprint density at radius 2 is 1.75 bits per heavy atom. The minimum absolute atomic E-state index is 0.118. The maximum atomic E-state index is 13.5. The van der Waals surface area contributed by atoms with Crippen molar-refractivity contribution in [3.8, 4) is 0 Å². The summed E-state index contributed by atoms with van der Waals surface area (Å²) in [5, 5.41) is 0. The van der Waals surface area contributed by atoms with Crippen molar-refractivity contribution in [1.29, 1.82) is 0 Å². The molecule has 0 fully saturated rings. The molecule has 0 aliphatic rings. The third-order valence-electron chi connectivity index (χ3n) is 4.42. The molecule has 7 heteroatoms. The average Bonchev–Trinajstić information content (AvgIpc) is 3.09. The van der Waals surface area contributed by atoms with Gasteiger partial charge in [-0.2, -0.15) is 0 Å². The second kappa shape index (κ2) is 7.44. The third-order valence-corrected chi connectivity index (χ3v) is 6.13. The van der Waals surface area contributed by atoms with Crippen LogP contribution in [0, 0.1) is 5.82 Å². The summed E-state index contributed by atoms with van der Waals surface area (Å²) in [5.41, 5.74) is 2.43. The number of sulfonamides is 1. The van der Waals surface area contributed by atoms with Gasteiger partial charge in [0.1, 0.15) is 11.5 Å². The van der Waals surface area contributed by atoms with E-state index in [2.05, 4.69) is 4.98 Å². The van der Waals surface area contributed by atoms with E-state index >= 15 is 0 Å². The van der Waals surface area contributed by atoms with Crippen molar-refractivity contribution in [3.05, 3.63) is 102 Å². The molecule has 28 heavy (non-hydrogen) atoms. The summed E-state index contributed by atoms with van der Waals surface area (Å²) in [5.74, 6) is -0.753. The van der Waals surface area contributed by atoms with E-state index in [1.807, 2.05) is 34.9 Å². The van der Waals surface area contributed by atoms with Crippen LogP contribution in [-0.2, 0) is 22.3 Å². The number of pyridine rings is 1. The first-order valence-corrected chi connectivity index (χ1v) is 10.3. The molecule has 5 nitrogen and oxygen atoms in total. The number of aromatic nitrogens is 2. The van der Waals surface area contributed by atoms with E-state index in [9.17, 15) is 12.8 Å². The van der Waals surface area contributed by atoms with Crippen LogP contribution in [0.15, 0.2) is 85.2 Å². The van der Waals surface area contributed by atoms with Crippen LogP contribution in [0.1, 0.15) is 11.3 Å². The van der Waals surface area contributed by atoms with Gasteiger partial charge in [0.25, 0.3) is 0 Å². The molecule has 2 aromatic heterocycles. The van der Waals surface area contributed by atoms with Crippen LogP contribution in [0.4, 0.5) is 10.1 Å². The van der Waals surface area contributed by atoms with Gasteiger partial charge in [-0.1, -0.05) is 36.4 Å². The van der Waals surface area contributed by atoms with Gasteiger partial charge in [-0.15, -0.1) is 0 Å². The fraction of sp³-hybridized carbons (Fsp3) is 0.0952. The topological polar surface area (TPSA) is 54.7 Å². The van der Waals surface area contributed by atoms with Gasteiger partial charge < -0.3 is 4.40 Å². The van der Waals surface area contributed by atoms with Crippen LogP contribution in [0.5, 0.6) is 0 Å². The highest BCUT2D eigenvalue weighted by atomic mass is 32.2. The standard InChI is InChI=1S/C21H18FN3O2S/c22-18-8-6-7-17(13-18)16-28(26,27)25(19-9-2-1-3-10-19)15-20-14-23-21-11-4-5-12-24(20)21/h1-14H,15-16H2. The monoisotopic (exact) mass is 395 g/mol. The number of fused-ring (bicyclic) bond motifs is 1. The Labute approximate surface area is 162 Å². The first-order valence-electron chi connectivity index (χ1n) is 8.74. The molecule has 0 aliphatic heterocycles. The number of nitrogens with zero attached hydrogens (tertiary/aromatic N) is 3. The second-order valence-corrected chi connectivity index (χ2v) is 8.30. The van der Waals surface area contributed by atoms with E-state index < -0.39 is 15.8 Å². The van der Waals surface area contributed by atoms with Crippen LogP contribution in [0.3, 0.4) is 0 Å². The van der Waals surface area contributed by atoms with Crippen LogP contribution >= 0.6 is 0 Å². The molecule has 0 unspecified atom stereocenters. The predicted octanol–water partition coefficient (Wildman–Crippen LogP) is 4.01. The summed E-state index contributed by atoms with van der Waals surface area (Å²) in [6, 6.07) is 20.1. The lowest BCUT2D eigenvalue weighted by Crippen LogP contribution is -2.32. The molecule has 0 saturated carbocycles. The number of para-hydroxylation sites is 1. The summed E-state index contributed by atoms with van der Waals surface area (Å²) < 4.78 is 43.2. The molecule has 2 aromatic carbocycles. The highest BCUT2D eigenvalue weighted by Gasteiger charge is 2.24. The molecule has 0 amide bonds. The molecule has 0 radical (unpaired) electrons. The SMILES string of the molecule is O=S(=O)(Cc1cccc(F)c1)N(Cc1cnc2ccccn12)c1ccccc1. The molecule has 2 heterocycles. The normalized spacial score (nSPS) is 11.6. The smallest absolute Gasteiger partial charge is 0.239 e. The Kier molecular flexibility index (Phi) is 4.83. The molecule has 0 atom stereocenters. The maximum absolute atomic E-state index is 13.5. The highest BCUT2D eigenvalue weighted by molar-refractivity contribution is 7.92. The Morgan fingerprint density at radius 3 is 2.54 bits per heavy atom. The van der Waals surface area contributed by atoms with Gasteiger partial charge >= 0.3 is 0 Å².